The molecule has 1 aliphatic rings. The Morgan fingerprint density at radius 2 is 1.44 bits per heavy atom. The third-order valence-electron chi connectivity index (χ3n) is 5.87. The summed E-state index contributed by atoms with van der Waals surface area (Å²) in [5, 5.41) is 11.2. The normalized spacial score (nSPS) is 17.1. The van der Waals surface area contributed by atoms with Gasteiger partial charge in [0.1, 0.15) is 5.76 Å². The van der Waals surface area contributed by atoms with Gasteiger partial charge in [-0.05, 0) is 36.2 Å². The summed E-state index contributed by atoms with van der Waals surface area (Å²) in [4.78, 5) is 28.1. The molecule has 0 radical (unpaired) electrons. The number of benzene rings is 3. The molecule has 0 aromatic heterocycles. The first-order chi connectivity index (χ1) is 16.4. The van der Waals surface area contributed by atoms with Crippen LogP contribution in [-0.4, -0.2) is 38.1 Å². The number of rotatable bonds is 6. The number of hydrogen-bond acceptors (Lipinski definition) is 6. The number of aryl methyl sites for hydroxylation is 1. The Labute approximate surface area is 197 Å². The molecule has 1 atom stereocenters. The second-order valence-corrected chi connectivity index (χ2v) is 7.78. The lowest BCUT2D eigenvalue weighted by Gasteiger charge is -2.27. The molecule has 1 aliphatic heterocycles. The lowest BCUT2D eigenvalue weighted by Crippen LogP contribution is -2.30. The van der Waals surface area contributed by atoms with Crippen molar-refractivity contribution >= 4 is 23.1 Å². The molecular weight excluding hydrogens is 434 g/mol. The number of ether oxygens (including phenoxy) is 3. The van der Waals surface area contributed by atoms with Crippen molar-refractivity contribution < 1.29 is 28.9 Å². The molecule has 0 bridgehead atoms. The van der Waals surface area contributed by atoms with Crippen LogP contribution in [0.2, 0.25) is 0 Å². The number of aliphatic hydroxyl groups is 1. The number of hydrogen-bond donors (Lipinski definition) is 1. The fourth-order valence-electron chi connectivity index (χ4n) is 4.24. The van der Waals surface area contributed by atoms with Crippen molar-refractivity contribution in [3.8, 4) is 17.2 Å². The fraction of sp³-hybridized carbons (Fsp3) is 0.185. The summed E-state index contributed by atoms with van der Waals surface area (Å²) in [6.45, 7) is 1.86. The fourth-order valence-corrected chi connectivity index (χ4v) is 4.24. The van der Waals surface area contributed by atoms with Crippen molar-refractivity contribution in [2.45, 2.75) is 13.0 Å². The Hall–Kier alpha value is -4.26. The van der Waals surface area contributed by atoms with Crippen LogP contribution in [0.3, 0.4) is 0 Å². The molecule has 1 N–H and O–H groups in total. The average molecular weight is 459 g/mol. The van der Waals surface area contributed by atoms with E-state index in [-0.39, 0.29) is 11.3 Å². The minimum absolute atomic E-state index is 0.0197. The lowest BCUT2D eigenvalue weighted by molar-refractivity contribution is -0.132. The Balaban J connectivity index is 2.03. The van der Waals surface area contributed by atoms with Gasteiger partial charge in [-0.2, -0.15) is 0 Å². The Morgan fingerprint density at radius 3 is 2.00 bits per heavy atom. The van der Waals surface area contributed by atoms with Gasteiger partial charge in [0.2, 0.25) is 5.75 Å². The lowest BCUT2D eigenvalue weighted by atomic mass is 9.94. The van der Waals surface area contributed by atoms with E-state index in [1.165, 1.54) is 26.2 Å². The van der Waals surface area contributed by atoms with E-state index in [0.29, 0.717) is 34.1 Å². The molecule has 1 unspecified atom stereocenters. The molecule has 1 amide bonds. The molecule has 1 saturated heterocycles. The number of amides is 1. The van der Waals surface area contributed by atoms with Crippen molar-refractivity contribution in [3.63, 3.8) is 0 Å². The molecule has 1 heterocycles. The summed E-state index contributed by atoms with van der Waals surface area (Å²) < 4.78 is 16.4. The van der Waals surface area contributed by atoms with Crippen molar-refractivity contribution in [3.05, 3.63) is 89.0 Å². The number of aliphatic hydroxyl groups excluding tert-OH is 1. The van der Waals surface area contributed by atoms with Gasteiger partial charge in [0.15, 0.2) is 11.5 Å². The zero-order valence-corrected chi connectivity index (χ0v) is 19.4. The van der Waals surface area contributed by atoms with Crippen LogP contribution in [0.1, 0.15) is 22.7 Å². The third kappa shape index (κ3) is 3.75. The molecule has 4 rings (SSSR count). The molecule has 174 valence electrons. The number of methoxy groups -OCH3 is 3. The smallest absolute Gasteiger partial charge is 0.300 e. The predicted octanol–water partition coefficient (Wildman–Crippen LogP) is 4.65. The first-order valence-corrected chi connectivity index (χ1v) is 10.6. The molecule has 0 aliphatic carbocycles. The number of anilines is 1. The zero-order chi connectivity index (χ0) is 24.4. The highest BCUT2D eigenvalue weighted by Crippen LogP contribution is 2.47. The van der Waals surface area contributed by atoms with Gasteiger partial charge in [-0.15, -0.1) is 0 Å². The summed E-state index contributed by atoms with van der Waals surface area (Å²) in [5.41, 5.74) is 2.31. The summed E-state index contributed by atoms with van der Waals surface area (Å²) in [6.07, 6.45) is 0. The highest BCUT2D eigenvalue weighted by molar-refractivity contribution is 6.51. The van der Waals surface area contributed by atoms with E-state index >= 15 is 0 Å². The largest absolute Gasteiger partial charge is 0.507 e. The molecule has 0 saturated carbocycles. The number of Topliss-reactive ketones (excluding diaryl/α,β-unsaturated/α-hetero) is 1. The maximum Gasteiger partial charge on any atom is 0.300 e. The highest BCUT2D eigenvalue weighted by atomic mass is 16.5. The van der Waals surface area contributed by atoms with E-state index in [4.69, 9.17) is 14.2 Å². The van der Waals surface area contributed by atoms with Gasteiger partial charge < -0.3 is 19.3 Å². The average Bonchev–Trinajstić information content (AvgIpc) is 3.13. The molecule has 7 nitrogen and oxygen atoms in total. The van der Waals surface area contributed by atoms with Crippen molar-refractivity contribution in [1.82, 2.24) is 0 Å². The molecule has 3 aromatic rings. The molecule has 34 heavy (non-hydrogen) atoms. The van der Waals surface area contributed by atoms with Gasteiger partial charge in [0, 0.05) is 11.3 Å². The van der Waals surface area contributed by atoms with Gasteiger partial charge in [-0.3, -0.25) is 14.5 Å². The molecule has 3 aromatic carbocycles. The molecular formula is C27H25NO6. The Kier molecular flexibility index (Phi) is 6.27. The van der Waals surface area contributed by atoms with E-state index in [1.807, 2.05) is 19.1 Å². The first kappa shape index (κ1) is 22.9. The van der Waals surface area contributed by atoms with Crippen LogP contribution in [0.4, 0.5) is 5.69 Å². The van der Waals surface area contributed by atoms with Crippen LogP contribution in [0.15, 0.2) is 72.3 Å². The maximum absolute atomic E-state index is 13.4. The minimum atomic E-state index is -0.921. The quantitative estimate of drug-likeness (QED) is 0.328. The summed E-state index contributed by atoms with van der Waals surface area (Å²) in [5.74, 6) is -0.647. The standard InChI is InChI=1S/C27H25NO6/c1-16-10-8-9-13-19(16)28-23(18-14-20(32-2)26(34-4)21(15-18)33-3)22(25(30)27(28)31)24(29)17-11-6-5-7-12-17/h5-15,23,29H,1-4H3/b24-22+. The van der Waals surface area contributed by atoms with Gasteiger partial charge in [0.25, 0.3) is 11.7 Å². The molecule has 1 fully saturated rings. The summed E-state index contributed by atoms with van der Waals surface area (Å²) >= 11 is 0. The number of nitrogens with zero attached hydrogens (tertiary/aromatic N) is 1. The molecule has 0 spiro atoms. The topological polar surface area (TPSA) is 85.3 Å². The predicted molar refractivity (Wildman–Crippen MR) is 129 cm³/mol. The third-order valence-corrected chi connectivity index (χ3v) is 5.87. The maximum atomic E-state index is 13.4. The molecule has 7 heteroatoms. The van der Waals surface area contributed by atoms with E-state index in [0.717, 1.165) is 5.56 Å². The summed E-state index contributed by atoms with van der Waals surface area (Å²) in [6, 6.07) is 18.4. The van der Waals surface area contributed by atoms with E-state index in [2.05, 4.69) is 0 Å². The van der Waals surface area contributed by atoms with Crippen LogP contribution in [0.25, 0.3) is 5.76 Å². The van der Waals surface area contributed by atoms with Crippen LogP contribution in [-0.2, 0) is 9.59 Å². The van der Waals surface area contributed by atoms with Crippen molar-refractivity contribution in [2.75, 3.05) is 26.2 Å². The second kappa shape index (κ2) is 9.31. The second-order valence-electron chi connectivity index (χ2n) is 7.78. The minimum Gasteiger partial charge on any atom is -0.507 e. The Bertz CT molecular complexity index is 1260. The van der Waals surface area contributed by atoms with Gasteiger partial charge >= 0.3 is 0 Å². The number of carbonyl (C=O) groups excluding carboxylic acids is 2. The zero-order valence-electron chi connectivity index (χ0n) is 19.4. The van der Waals surface area contributed by atoms with Crippen molar-refractivity contribution in [2.24, 2.45) is 0 Å². The van der Waals surface area contributed by atoms with Crippen LogP contribution in [0, 0.1) is 6.92 Å². The van der Waals surface area contributed by atoms with Crippen LogP contribution >= 0.6 is 0 Å². The number of carbonyl (C=O) groups is 2. The monoisotopic (exact) mass is 459 g/mol. The first-order valence-electron chi connectivity index (χ1n) is 10.6. The number of para-hydroxylation sites is 1. The van der Waals surface area contributed by atoms with Crippen LogP contribution in [0.5, 0.6) is 17.2 Å². The highest BCUT2D eigenvalue weighted by Gasteiger charge is 2.47. The SMILES string of the molecule is COc1cc(C2/C(=C(\O)c3ccccc3)C(=O)C(=O)N2c2ccccc2C)cc(OC)c1OC. The summed E-state index contributed by atoms with van der Waals surface area (Å²) in [7, 11) is 4.47. The van der Waals surface area contributed by atoms with Gasteiger partial charge in [-0.1, -0.05) is 48.5 Å². The number of ketones is 1. The van der Waals surface area contributed by atoms with E-state index in [1.54, 1.807) is 54.6 Å². The van der Waals surface area contributed by atoms with E-state index < -0.39 is 17.7 Å². The van der Waals surface area contributed by atoms with Crippen LogP contribution < -0.4 is 19.1 Å². The van der Waals surface area contributed by atoms with E-state index in [9.17, 15) is 14.7 Å². The van der Waals surface area contributed by atoms with Crippen molar-refractivity contribution in [1.29, 1.82) is 0 Å². The van der Waals surface area contributed by atoms with Gasteiger partial charge in [0.05, 0.1) is 32.9 Å². The van der Waals surface area contributed by atoms with Gasteiger partial charge in [-0.25, -0.2) is 0 Å². The Morgan fingerprint density at radius 1 is 0.853 bits per heavy atom.